The van der Waals surface area contributed by atoms with Crippen molar-refractivity contribution < 1.29 is 15.0 Å². The van der Waals surface area contributed by atoms with E-state index in [1.54, 1.807) is 22.2 Å². The molecule has 3 aromatic rings. The van der Waals surface area contributed by atoms with Gasteiger partial charge in [-0.2, -0.15) is 0 Å². The number of carbonyl (C=O) groups is 1. The smallest absolute Gasteiger partial charge is 0.209 e. The molecule has 0 saturated heterocycles. The third-order valence-corrected chi connectivity index (χ3v) is 7.43. The maximum Gasteiger partial charge on any atom is 0.209 e. The lowest BCUT2D eigenvalue weighted by molar-refractivity contribution is -0.128. The molecular weight excluding hydrogens is 414 g/mol. The van der Waals surface area contributed by atoms with Crippen LogP contribution in [0.4, 0.5) is 5.82 Å². The number of nitrogens with zero attached hydrogens (tertiary/aromatic N) is 5. The van der Waals surface area contributed by atoms with E-state index in [9.17, 15) is 15.0 Å². The lowest BCUT2D eigenvalue weighted by Gasteiger charge is -2.23. The van der Waals surface area contributed by atoms with Crippen LogP contribution in [-0.4, -0.2) is 61.8 Å². The molecule has 2 aliphatic rings. The molecule has 2 saturated carbocycles. The number of anilines is 1. The number of hydrogen-bond donors (Lipinski definition) is 2. The van der Waals surface area contributed by atoms with Crippen molar-refractivity contribution in [1.82, 2.24) is 19.5 Å². The molecule has 5 atom stereocenters. The van der Waals surface area contributed by atoms with Crippen LogP contribution in [0, 0.1) is 30.1 Å². The highest BCUT2D eigenvalue weighted by Crippen LogP contribution is 2.68. The van der Waals surface area contributed by atoms with E-state index in [1.807, 2.05) is 38.1 Å². The highest BCUT2D eigenvalue weighted by atomic mass is 32.1. The Morgan fingerprint density at radius 1 is 1.29 bits per heavy atom. The van der Waals surface area contributed by atoms with Crippen LogP contribution in [0.1, 0.15) is 35.0 Å². The summed E-state index contributed by atoms with van der Waals surface area (Å²) in [7, 11) is 3.74. The molecule has 2 unspecified atom stereocenters. The van der Waals surface area contributed by atoms with Gasteiger partial charge in [0.25, 0.3) is 0 Å². The first-order chi connectivity index (χ1) is 14.7. The summed E-state index contributed by atoms with van der Waals surface area (Å²) in [6, 6.07) is 3.50. The van der Waals surface area contributed by atoms with Gasteiger partial charge < -0.3 is 19.7 Å². The van der Waals surface area contributed by atoms with Crippen LogP contribution in [0.25, 0.3) is 11.2 Å². The van der Waals surface area contributed by atoms with E-state index >= 15 is 0 Å². The van der Waals surface area contributed by atoms with Crippen LogP contribution in [0.3, 0.4) is 0 Å². The van der Waals surface area contributed by atoms with Gasteiger partial charge in [0, 0.05) is 19.0 Å². The number of aliphatic hydroxyl groups excluding tert-OH is 2. The summed E-state index contributed by atoms with van der Waals surface area (Å²) in [6.45, 7) is 3.51. The van der Waals surface area contributed by atoms with E-state index in [0.717, 1.165) is 4.88 Å². The number of aromatic nitrogens is 4. The lowest BCUT2D eigenvalue weighted by atomic mass is 9.95. The second-order valence-corrected chi connectivity index (χ2v) is 9.87. The Morgan fingerprint density at radius 3 is 2.68 bits per heavy atom. The van der Waals surface area contributed by atoms with Crippen LogP contribution in [0.5, 0.6) is 0 Å². The number of aliphatic hydroxyl groups is 2. The van der Waals surface area contributed by atoms with Gasteiger partial charge in [0.1, 0.15) is 11.9 Å². The van der Waals surface area contributed by atoms with Crippen LogP contribution in [-0.2, 0) is 4.79 Å². The molecule has 8 nitrogen and oxygen atoms in total. The Hall–Kier alpha value is -2.80. The van der Waals surface area contributed by atoms with Crippen molar-refractivity contribution in [2.24, 2.45) is 11.3 Å². The minimum atomic E-state index is -1.09. The van der Waals surface area contributed by atoms with E-state index in [4.69, 9.17) is 0 Å². The molecule has 0 radical (unpaired) electrons. The van der Waals surface area contributed by atoms with Crippen molar-refractivity contribution in [2.45, 2.75) is 38.5 Å². The Morgan fingerprint density at radius 2 is 2.06 bits per heavy atom. The Labute approximate surface area is 183 Å². The Kier molecular flexibility index (Phi) is 4.45. The van der Waals surface area contributed by atoms with Crippen LogP contribution >= 0.6 is 11.3 Å². The minimum Gasteiger partial charge on any atom is -0.389 e. The Balaban J connectivity index is 1.62. The number of aryl methyl sites for hydroxylation is 1. The zero-order valence-electron chi connectivity index (χ0n) is 17.7. The summed E-state index contributed by atoms with van der Waals surface area (Å²) in [6.07, 6.45) is 0.0118. The van der Waals surface area contributed by atoms with Gasteiger partial charge >= 0.3 is 0 Å². The van der Waals surface area contributed by atoms with Gasteiger partial charge in [-0.3, -0.25) is 4.79 Å². The van der Waals surface area contributed by atoms with Gasteiger partial charge in [-0.25, -0.2) is 15.0 Å². The standard InChI is InChI=1S/C22H23N5O3S/c1-11-5-6-13(31-11)7-8-15-24-20(26(3)4)16-21(25-15)27(10-23-16)17-14-9-22(14,12(2)28)19(30)18(17)29/h5-6,10,14,17-19,29-30H,9H2,1-4H3/t14?,17-,18+,19?,22-/m1/s1. The molecule has 5 rings (SSSR count). The van der Waals surface area contributed by atoms with Gasteiger partial charge in [-0.1, -0.05) is 0 Å². The quantitative estimate of drug-likeness (QED) is 0.599. The molecule has 9 heteroatoms. The predicted molar refractivity (Wildman–Crippen MR) is 117 cm³/mol. The fourth-order valence-electron chi connectivity index (χ4n) is 4.88. The van der Waals surface area contributed by atoms with Crippen LogP contribution in [0.2, 0.25) is 0 Å². The van der Waals surface area contributed by atoms with E-state index < -0.39 is 23.7 Å². The first kappa shape index (κ1) is 20.1. The van der Waals surface area contributed by atoms with Gasteiger partial charge in [-0.15, -0.1) is 11.3 Å². The molecular formula is C22H23N5O3S. The van der Waals surface area contributed by atoms with E-state index in [1.165, 1.54) is 11.8 Å². The van der Waals surface area contributed by atoms with Crippen molar-refractivity contribution in [1.29, 1.82) is 0 Å². The zero-order valence-corrected chi connectivity index (χ0v) is 18.5. The molecule has 0 aliphatic heterocycles. The number of imidazole rings is 1. The van der Waals surface area contributed by atoms with E-state index in [0.29, 0.717) is 29.2 Å². The minimum absolute atomic E-state index is 0.0858. The summed E-state index contributed by atoms with van der Waals surface area (Å²) >= 11 is 1.60. The molecule has 3 aromatic heterocycles. The number of ketones is 1. The fourth-order valence-corrected chi connectivity index (χ4v) is 5.60. The van der Waals surface area contributed by atoms with Gasteiger partial charge in [-0.05, 0) is 50.2 Å². The molecule has 2 aliphatic carbocycles. The number of Topliss-reactive ketones (excluding diaryl/α,β-unsaturated/α-hetero) is 1. The summed E-state index contributed by atoms with van der Waals surface area (Å²) in [5, 5.41) is 21.4. The number of hydrogen-bond acceptors (Lipinski definition) is 8. The second-order valence-electron chi connectivity index (χ2n) is 8.58. The lowest BCUT2D eigenvalue weighted by Crippen LogP contribution is -2.36. The predicted octanol–water partition coefficient (Wildman–Crippen LogP) is 1.53. The molecule has 0 spiro atoms. The number of rotatable bonds is 3. The first-order valence-electron chi connectivity index (χ1n) is 10.1. The van der Waals surface area contributed by atoms with Crippen molar-refractivity contribution in [2.75, 3.05) is 19.0 Å². The number of fused-ring (bicyclic) bond motifs is 2. The molecule has 0 aromatic carbocycles. The average Bonchev–Trinajstić information content (AvgIpc) is 2.98. The highest BCUT2D eigenvalue weighted by Gasteiger charge is 2.74. The first-order valence-corrected chi connectivity index (χ1v) is 10.9. The summed E-state index contributed by atoms with van der Waals surface area (Å²) in [5.41, 5.74) is 0.260. The average molecular weight is 438 g/mol. The van der Waals surface area contributed by atoms with Crippen molar-refractivity contribution in [3.8, 4) is 11.8 Å². The molecule has 3 heterocycles. The zero-order chi connectivity index (χ0) is 22.1. The number of thiophene rings is 1. The normalized spacial score (nSPS) is 28.8. The maximum absolute atomic E-state index is 12.2. The summed E-state index contributed by atoms with van der Waals surface area (Å²) in [5.74, 6) is 6.89. The maximum atomic E-state index is 12.2. The summed E-state index contributed by atoms with van der Waals surface area (Å²) < 4.78 is 1.78. The second kappa shape index (κ2) is 6.85. The highest BCUT2D eigenvalue weighted by molar-refractivity contribution is 7.12. The molecule has 2 fully saturated rings. The molecule has 0 bridgehead atoms. The fraction of sp³-hybridized carbons (Fsp3) is 0.455. The van der Waals surface area contributed by atoms with Crippen LogP contribution < -0.4 is 4.90 Å². The van der Waals surface area contributed by atoms with Gasteiger partial charge in [0.2, 0.25) is 5.82 Å². The van der Waals surface area contributed by atoms with Crippen molar-refractivity contribution >= 4 is 34.1 Å². The third-order valence-electron chi connectivity index (χ3n) is 6.51. The van der Waals surface area contributed by atoms with E-state index in [2.05, 4.69) is 26.8 Å². The molecule has 0 amide bonds. The molecule has 31 heavy (non-hydrogen) atoms. The van der Waals surface area contributed by atoms with Crippen molar-refractivity contribution in [3.05, 3.63) is 34.0 Å². The third kappa shape index (κ3) is 2.90. The molecule has 2 N–H and O–H groups in total. The van der Waals surface area contributed by atoms with E-state index in [-0.39, 0.29) is 11.7 Å². The summed E-state index contributed by atoms with van der Waals surface area (Å²) in [4.78, 5) is 29.9. The van der Waals surface area contributed by atoms with Gasteiger partial charge in [0.15, 0.2) is 17.0 Å². The van der Waals surface area contributed by atoms with Gasteiger partial charge in [0.05, 0.1) is 28.8 Å². The van der Waals surface area contributed by atoms with Crippen molar-refractivity contribution in [3.63, 3.8) is 0 Å². The monoisotopic (exact) mass is 437 g/mol. The largest absolute Gasteiger partial charge is 0.389 e. The Bertz CT molecular complexity index is 1270. The van der Waals surface area contributed by atoms with Crippen LogP contribution in [0.15, 0.2) is 18.5 Å². The molecule has 160 valence electrons. The number of carbonyl (C=O) groups excluding carboxylic acids is 1. The SMILES string of the molecule is CC(=O)[C@]12CC1[C@@H](n1cnc3c(N(C)C)nc(C#Cc4ccc(C)s4)nc31)[C@H](O)C2O. The topological polar surface area (TPSA) is 104 Å².